The third-order valence-corrected chi connectivity index (χ3v) is 3.74. The first-order valence-electron chi connectivity index (χ1n) is 7.46. The van der Waals surface area contributed by atoms with Gasteiger partial charge in [0.2, 0.25) is 0 Å². The molecular formula is C17H21NO7. The van der Waals surface area contributed by atoms with Crippen LogP contribution in [0.1, 0.15) is 17.3 Å². The SMILES string of the molecule is COC(=O)C(C(=O)OC)[C@@H](C)[C@H](NC(=O)c1ccccc1)C(=O)OC. The second kappa shape index (κ2) is 9.41. The van der Waals surface area contributed by atoms with Gasteiger partial charge in [0.05, 0.1) is 21.3 Å². The maximum absolute atomic E-state index is 12.3. The summed E-state index contributed by atoms with van der Waals surface area (Å²) in [6.45, 7) is 1.45. The number of hydrogen-bond donors (Lipinski definition) is 1. The van der Waals surface area contributed by atoms with Crippen molar-refractivity contribution in [2.24, 2.45) is 11.8 Å². The van der Waals surface area contributed by atoms with Gasteiger partial charge in [-0.05, 0) is 12.1 Å². The van der Waals surface area contributed by atoms with Crippen LogP contribution in [-0.2, 0) is 28.6 Å². The molecule has 2 atom stereocenters. The summed E-state index contributed by atoms with van der Waals surface area (Å²) in [7, 11) is 3.36. The summed E-state index contributed by atoms with van der Waals surface area (Å²) < 4.78 is 13.9. The van der Waals surface area contributed by atoms with Crippen molar-refractivity contribution in [3.05, 3.63) is 35.9 Å². The molecular weight excluding hydrogens is 330 g/mol. The topological polar surface area (TPSA) is 108 Å². The lowest BCUT2D eigenvalue weighted by atomic mass is 9.87. The molecule has 0 radical (unpaired) electrons. The average Bonchev–Trinajstić information content (AvgIpc) is 2.65. The summed E-state index contributed by atoms with van der Waals surface area (Å²) in [5, 5.41) is 2.49. The molecule has 0 spiro atoms. The van der Waals surface area contributed by atoms with Crippen LogP contribution in [0.3, 0.4) is 0 Å². The van der Waals surface area contributed by atoms with Crippen LogP contribution in [0, 0.1) is 11.8 Å². The van der Waals surface area contributed by atoms with E-state index in [4.69, 9.17) is 0 Å². The number of benzene rings is 1. The highest BCUT2D eigenvalue weighted by Gasteiger charge is 2.42. The fourth-order valence-electron chi connectivity index (χ4n) is 2.32. The van der Waals surface area contributed by atoms with Crippen molar-refractivity contribution in [1.29, 1.82) is 0 Å². The van der Waals surface area contributed by atoms with Gasteiger partial charge in [-0.25, -0.2) is 4.79 Å². The molecule has 1 rings (SSSR count). The van der Waals surface area contributed by atoms with E-state index in [-0.39, 0.29) is 0 Å². The summed E-state index contributed by atoms with van der Waals surface area (Å²) in [6.07, 6.45) is 0. The highest BCUT2D eigenvalue weighted by atomic mass is 16.5. The van der Waals surface area contributed by atoms with Crippen LogP contribution >= 0.6 is 0 Å². The van der Waals surface area contributed by atoms with E-state index >= 15 is 0 Å². The molecule has 1 aromatic carbocycles. The van der Waals surface area contributed by atoms with Crippen molar-refractivity contribution in [1.82, 2.24) is 5.32 Å². The van der Waals surface area contributed by atoms with Gasteiger partial charge < -0.3 is 19.5 Å². The van der Waals surface area contributed by atoms with Gasteiger partial charge in [0.25, 0.3) is 5.91 Å². The van der Waals surface area contributed by atoms with Crippen LogP contribution in [0.4, 0.5) is 0 Å². The van der Waals surface area contributed by atoms with E-state index < -0.39 is 41.7 Å². The standard InChI is InChI=1S/C17H21NO7/c1-10(12(15(20)23-2)16(21)24-3)13(17(22)25-4)18-14(19)11-8-6-5-7-9-11/h5-10,12-13H,1-4H3,(H,18,19)/t10-,13+/m1/s1. The first kappa shape index (κ1) is 20.1. The van der Waals surface area contributed by atoms with Crippen LogP contribution in [0.2, 0.25) is 0 Å². The van der Waals surface area contributed by atoms with Gasteiger partial charge in [-0.2, -0.15) is 0 Å². The Hall–Kier alpha value is -2.90. The Bertz CT molecular complexity index is 613. The molecule has 0 aliphatic carbocycles. The monoisotopic (exact) mass is 351 g/mol. The van der Waals surface area contributed by atoms with E-state index in [9.17, 15) is 19.2 Å². The summed E-state index contributed by atoms with van der Waals surface area (Å²) in [6, 6.07) is 6.94. The molecule has 0 saturated heterocycles. The zero-order valence-corrected chi connectivity index (χ0v) is 14.5. The highest BCUT2D eigenvalue weighted by Crippen LogP contribution is 2.21. The van der Waals surface area contributed by atoms with Crippen molar-refractivity contribution in [3.8, 4) is 0 Å². The molecule has 1 aromatic rings. The summed E-state index contributed by atoms with van der Waals surface area (Å²) in [4.78, 5) is 48.3. The third kappa shape index (κ3) is 5.03. The zero-order valence-electron chi connectivity index (χ0n) is 14.5. The van der Waals surface area contributed by atoms with Crippen LogP contribution in [0.5, 0.6) is 0 Å². The van der Waals surface area contributed by atoms with Gasteiger partial charge in [0.15, 0.2) is 5.92 Å². The first-order chi connectivity index (χ1) is 11.9. The largest absolute Gasteiger partial charge is 0.468 e. The molecule has 0 fully saturated rings. The number of ether oxygens (including phenoxy) is 3. The first-order valence-corrected chi connectivity index (χ1v) is 7.46. The molecule has 8 heteroatoms. The molecule has 0 bridgehead atoms. The summed E-state index contributed by atoms with van der Waals surface area (Å²) in [5.41, 5.74) is 0.316. The summed E-state index contributed by atoms with van der Waals surface area (Å²) >= 11 is 0. The van der Waals surface area contributed by atoms with E-state index in [1.54, 1.807) is 30.3 Å². The van der Waals surface area contributed by atoms with Crippen molar-refractivity contribution in [2.75, 3.05) is 21.3 Å². The number of nitrogens with one attached hydrogen (secondary N) is 1. The lowest BCUT2D eigenvalue weighted by Gasteiger charge is -2.27. The second-order valence-electron chi connectivity index (χ2n) is 5.22. The number of carbonyl (C=O) groups excluding carboxylic acids is 4. The fourth-order valence-corrected chi connectivity index (χ4v) is 2.32. The van der Waals surface area contributed by atoms with Crippen LogP contribution in [0.25, 0.3) is 0 Å². The van der Waals surface area contributed by atoms with E-state index in [2.05, 4.69) is 19.5 Å². The van der Waals surface area contributed by atoms with Gasteiger partial charge in [-0.15, -0.1) is 0 Å². The minimum Gasteiger partial charge on any atom is -0.468 e. The molecule has 0 unspecified atom stereocenters. The highest BCUT2D eigenvalue weighted by molar-refractivity contribution is 5.99. The molecule has 0 saturated carbocycles. The van der Waals surface area contributed by atoms with Crippen LogP contribution in [0.15, 0.2) is 30.3 Å². The Morgan fingerprint density at radius 3 is 1.76 bits per heavy atom. The number of hydrogen-bond acceptors (Lipinski definition) is 7. The Morgan fingerprint density at radius 2 is 1.32 bits per heavy atom. The summed E-state index contributed by atoms with van der Waals surface area (Å²) in [5.74, 6) is -5.44. The van der Waals surface area contributed by atoms with Gasteiger partial charge in [-0.3, -0.25) is 14.4 Å². The fraction of sp³-hybridized carbons (Fsp3) is 0.412. The van der Waals surface area contributed by atoms with Gasteiger partial charge in [0, 0.05) is 11.5 Å². The van der Waals surface area contributed by atoms with Gasteiger partial charge in [-0.1, -0.05) is 25.1 Å². The minimum atomic E-state index is -1.39. The molecule has 0 aromatic heterocycles. The van der Waals surface area contributed by atoms with Crippen LogP contribution in [-0.4, -0.2) is 51.2 Å². The molecule has 25 heavy (non-hydrogen) atoms. The molecule has 0 aliphatic rings. The number of rotatable bonds is 7. The Labute approximate surface area is 145 Å². The van der Waals surface area contributed by atoms with Crippen molar-refractivity contribution in [2.45, 2.75) is 13.0 Å². The van der Waals surface area contributed by atoms with E-state index in [0.29, 0.717) is 5.56 Å². The van der Waals surface area contributed by atoms with E-state index in [1.807, 2.05) is 0 Å². The number of esters is 3. The normalized spacial score (nSPS) is 12.7. The Kier molecular flexibility index (Phi) is 7.58. The van der Waals surface area contributed by atoms with Crippen molar-refractivity contribution in [3.63, 3.8) is 0 Å². The number of amides is 1. The predicted molar refractivity (Wildman–Crippen MR) is 86.4 cm³/mol. The second-order valence-corrected chi connectivity index (χ2v) is 5.22. The van der Waals surface area contributed by atoms with E-state index in [1.165, 1.54) is 6.92 Å². The maximum Gasteiger partial charge on any atom is 0.328 e. The smallest absolute Gasteiger partial charge is 0.328 e. The molecule has 1 N–H and O–H groups in total. The quantitative estimate of drug-likeness (QED) is 0.434. The lowest BCUT2D eigenvalue weighted by Crippen LogP contribution is -2.51. The van der Waals surface area contributed by atoms with Crippen LogP contribution < -0.4 is 5.32 Å². The van der Waals surface area contributed by atoms with Crippen molar-refractivity contribution < 1.29 is 33.4 Å². The average molecular weight is 351 g/mol. The Balaban J connectivity index is 3.11. The van der Waals surface area contributed by atoms with Gasteiger partial charge in [0.1, 0.15) is 6.04 Å². The van der Waals surface area contributed by atoms with Crippen molar-refractivity contribution >= 4 is 23.8 Å². The number of methoxy groups -OCH3 is 3. The van der Waals surface area contributed by atoms with Gasteiger partial charge >= 0.3 is 17.9 Å². The molecule has 136 valence electrons. The minimum absolute atomic E-state index is 0.316. The molecule has 0 heterocycles. The maximum atomic E-state index is 12.3. The Morgan fingerprint density at radius 1 is 0.840 bits per heavy atom. The molecule has 1 amide bonds. The molecule has 0 aliphatic heterocycles. The van der Waals surface area contributed by atoms with E-state index in [0.717, 1.165) is 21.3 Å². The predicted octanol–water partition coefficient (Wildman–Crippen LogP) is 0.556. The zero-order chi connectivity index (χ0) is 19.0. The lowest BCUT2D eigenvalue weighted by molar-refractivity contribution is -0.162. The third-order valence-electron chi connectivity index (χ3n) is 3.74. The number of carbonyl (C=O) groups is 4. The molecule has 8 nitrogen and oxygen atoms in total.